The smallest absolute Gasteiger partial charge is 0.344 e. The monoisotopic (exact) mass is 499 g/mol. The third-order valence-corrected chi connectivity index (χ3v) is 6.64. The zero-order chi connectivity index (χ0) is 24.4. The van der Waals surface area contributed by atoms with Gasteiger partial charge in [-0.3, -0.25) is 14.5 Å². The van der Waals surface area contributed by atoms with Crippen molar-refractivity contribution in [2.75, 3.05) is 0 Å². The van der Waals surface area contributed by atoms with Crippen LogP contribution in [0.4, 0.5) is 4.79 Å². The Morgan fingerprint density at radius 3 is 2.46 bits per heavy atom. The number of carbonyl (C=O) groups excluding carboxylic acids is 3. The molecule has 4 aromatic rings. The van der Waals surface area contributed by atoms with Gasteiger partial charge in [0, 0.05) is 5.02 Å². The molecule has 4 aromatic carbocycles. The van der Waals surface area contributed by atoms with Crippen LogP contribution in [0.15, 0.2) is 95.9 Å². The van der Waals surface area contributed by atoms with Crippen LogP contribution in [0.1, 0.15) is 21.5 Å². The van der Waals surface area contributed by atoms with E-state index in [2.05, 4.69) is 0 Å². The van der Waals surface area contributed by atoms with Gasteiger partial charge in [0.15, 0.2) is 0 Å². The first-order chi connectivity index (χ1) is 17.0. The molecule has 172 valence electrons. The van der Waals surface area contributed by atoms with Crippen LogP contribution >= 0.6 is 23.4 Å². The molecule has 0 spiro atoms. The van der Waals surface area contributed by atoms with E-state index < -0.39 is 5.97 Å². The molecule has 0 aromatic heterocycles. The van der Waals surface area contributed by atoms with Crippen LogP contribution in [-0.4, -0.2) is 22.0 Å². The van der Waals surface area contributed by atoms with E-state index in [0.29, 0.717) is 26.8 Å². The lowest BCUT2D eigenvalue weighted by Crippen LogP contribution is -2.27. The highest BCUT2D eigenvalue weighted by atomic mass is 35.5. The number of hydrogen-bond acceptors (Lipinski definition) is 5. The maximum absolute atomic E-state index is 12.8. The number of fused-ring (bicyclic) bond motifs is 1. The number of halogens is 1. The van der Waals surface area contributed by atoms with Crippen LogP contribution < -0.4 is 4.74 Å². The molecule has 2 amide bonds. The minimum Gasteiger partial charge on any atom is -0.423 e. The molecular weight excluding hydrogens is 482 g/mol. The fourth-order valence-electron chi connectivity index (χ4n) is 3.80. The van der Waals surface area contributed by atoms with Gasteiger partial charge in [-0.25, -0.2) is 4.79 Å². The lowest BCUT2D eigenvalue weighted by Gasteiger charge is -2.12. The number of nitrogens with zero attached hydrogens (tertiary/aromatic N) is 1. The predicted octanol–water partition coefficient (Wildman–Crippen LogP) is 6.95. The Morgan fingerprint density at radius 2 is 1.66 bits per heavy atom. The third-order valence-electron chi connectivity index (χ3n) is 5.50. The van der Waals surface area contributed by atoms with Crippen LogP contribution in [0.2, 0.25) is 5.02 Å². The number of imide groups is 1. The highest BCUT2D eigenvalue weighted by Crippen LogP contribution is 2.33. The molecule has 1 heterocycles. The Kier molecular flexibility index (Phi) is 6.40. The SMILES string of the molecule is O=C(Oc1ccc(/C=C2\SC(=O)N(Cc3cccc(Cl)c3)C2=O)cc1)c1cccc2ccccc12. The Balaban J connectivity index is 1.29. The largest absolute Gasteiger partial charge is 0.423 e. The number of amides is 2. The standard InChI is InChI=1S/C28H18ClNO4S/c29-21-8-3-5-19(15-21)17-30-26(31)25(35-28(30)33)16-18-11-13-22(14-12-18)34-27(32)24-10-4-7-20-6-1-2-9-23(20)24/h1-16H,17H2/b25-16-. The molecular formula is C28H18ClNO4S. The van der Waals surface area contributed by atoms with Crippen LogP contribution in [0.5, 0.6) is 5.75 Å². The zero-order valence-electron chi connectivity index (χ0n) is 18.3. The molecule has 0 atom stereocenters. The number of ether oxygens (including phenoxy) is 1. The molecule has 5 rings (SSSR count). The second-order valence-corrected chi connectivity index (χ2v) is 9.31. The van der Waals surface area contributed by atoms with Gasteiger partial charge in [0.2, 0.25) is 0 Å². The Morgan fingerprint density at radius 1 is 0.914 bits per heavy atom. The molecule has 0 N–H and O–H groups in total. The molecule has 0 saturated carbocycles. The first kappa shape index (κ1) is 22.9. The predicted molar refractivity (Wildman–Crippen MR) is 138 cm³/mol. The molecule has 0 bridgehead atoms. The molecule has 1 fully saturated rings. The average Bonchev–Trinajstić information content (AvgIpc) is 3.12. The maximum Gasteiger partial charge on any atom is 0.344 e. The first-order valence-electron chi connectivity index (χ1n) is 10.8. The fraction of sp³-hybridized carbons (Fsp3) is 0.0357. The molecule has 1 saturated heterocycles. The van der Waals surface area contributed by atoms with Crippen molar-refractivity contribution in [1.82, 2.24) is 4.90 Å². The summed E-state index contributed by atoms with van der Waals surface area (Å²) in [6, 6.07) is 27.0. The molecule has 7 heteroatoms. The summed E-state index contributed by atoms with van der Waals surface area (Å²) >= 11 is 6.90. The highest BCUT2D eigenvalue weighted by molar-refractivity contribution is 8.18. The number of carbonyl (C=O) groups is 3. The number of hydrogen-bond donors (Lipinski definition) is 0. The first-order valence-corrected chi connectivity index (χ1v) is 12.0. The van der Waals surface area contributed by atoms with Crippen molar-refractivity contribution in [2.24, 2.45) is 0 Å². The lowest BCUT2D eigenvalue weighted by molar-refractivity contribution is -0.123. The molecule has 1 aliphatic heterocycles. The van der Waals surface area contributed by atoms with Gasteiger partial charge in [-0.05, 0) is 70.1 Å². The normalized spacial score (nSPS) is 14.7. The Hall–Kier alpha value is -3.87. The molecule has 5 nitrogen and oxygen atoms in total. The van der Waals surface area contributed by atoms with Crippen LogP contribution in [0.3, 0.4) is 0 Å². The highest BCUT2D eigenvalue weighted by Gasteiger charge is 2.35. The quantitative estimate of drug-likeness (QED) is 0.169. The van der Waals surface area contributed by atoms with Crippen LogP contribution in [-0.2, 0) is 11.3 Å². The van der Waals surface area contributed by atoms with E-state index in [1.54, 1.807) is 54.6 Å². The maximum atomic E-state index is 12.8. The van der Waals surface area contributed by atoms with Gasteiger partial charge in [0.1, 0.15) is 5.75 Å². The molecule has 35 heavy (non-hydrogen) atoms. The summed E-state index contributed by atoms with van der Waals surface area (Å²) in [5.74, 6) is -0.419. The van der Waals surface area contributed by atoms with Gasteiger partial charge in [0.25, 0.3) is 11.1 Å². The minimum absolute atomic E-state index is 0.158. The molecule has 0 aliphatic carbocycles. The van der Waals surface area contributed by atoms with Crippen LogP contribution in [0.25, 0.3) is 16.8 Å². The van der Waals surface area contributed by atoms with E-state index in [1.165, 1.54) is 4.90 Å². The summed E-state index contributed by atoms with van der Waals surface area (Å²) < 4.78 is 5.56. The summed E-state index contributed by atoms with van der Waals surface area (Å²) in [6.45, 7) is 0.158. The minimum atomic E-state index is -0.448. The summed E-state index contributed by atoms with van der Waals surface area (Å²) in [4.78, 5) is 39.5. The van der Waals surface area contributed by atoms with Crippen molar-refractivity contribution in [3.8, 4) is 5.75 Å². The lowest BCUT2D eigenvalue weighted by atomic mass is 10.0. The van der Waals surface area contributed by atoms with Crippen molar-refractivity contribution in [3.05, 3.63) is 118 Å². The van der Waals surface area contributed by atoms with E-state index in [-0.39, 0.29) is 17.7 Å². The van der Waals surface area contributed by atoms with Crippen molar-refractivity contribution in [2.45, 2.75) is 6.54 Å². The van der Waals surface area contributed by atoms with Crippen molar-refractivity contribution < 1.29 is 19.1 Å². The Bertz CT molecular complexity index is 1490. The van der Waals surface area contributed by atoms with Gasteiger partial charge in [0.05, 0.1) is 17.0 Å². The van der Waals surface area contributed by atoms with Crippen molar-refractivity contribution in [1.29, 1.82) is 0 Å². The molecule has 0 unspecified atom stereocenters. The van der Waals surface area contributed by atoms with Gasteiger partial charge in [-0.15, -0.1) is 0 Å². The number of thioether (sulfide) groups is 1. The average molecular weight is 500 g/mol. The summed E-state index contributed by atoms with van der Waals surface area (Å²) in [6.07, 6.45) is 1.65. The summed E-state index contributed by atoms with van der Waals surface area (Å²) in [5, 5.41) is 2.00. The second-order valence-electron chi connectivity index (χ2n) is 7.88. The van der Waals surface area contributed by atoms with E-state index >= 15 is 0 Å². The van der Waals surface area contributed by atoms with Crippen molar-refractivity contribution in [3.63, 3.8) is 0 Å². The topological polar surface area (TPSA) is 63.7 Å². The zero-order valence-corrected chi connectivity index (χ0v) is 19.9. The van der Waals surface area contributed by atoms with Crippen LogP contribution in [0, 0.1) is 0 Å². The summed E-state index contributed by atoms with van der Waals surface area (Å²) in [7, 11) is 0. The van der Waals surface area contributed by atoms with E-state index in [9.17, 15) is 14.4 Å². The van der Waals surface area contributed by atoms with E-state index in [4.69, 9.17) is 16.3 Å². The number of rotatable bonds is 5. The number of benzene rings is 4. The fourth-order valence-corrected chi connectivity index (χ4v) is 4.85. The van der Waals surface area contributed by atoms with Crippen molar-refractivity contribution >= 4 is 57.3 Å². The summed E-state index contributed by atoms with van der Waals surface area (Å²) in [5.41, 5.74) is 1.97. The molecule has 1 aliphatic rings. The van der Waals surface area contributed by atoms with Gasteiger partial charge in [-0.1, -0.05) is 72.3 Å². The molecule has 0 radical (unpaired) electrons. The van der Waals surface area contributed by atoms with E-state index in [0.717, 1.165) is 28.1 Å². The Labute approximate surface area is 211 Å². The van der Waals surface area contributed by atoms with Gasteiger partial charge >= 0.3 is 5.97 Å². The van der Waals surface area contributed by atoms with Gasteiger partial charge < -0.3 is 4.74 Å². The van der Waals surface area contributed by atoms with Gasteiger partial charge in [-0.2, -0.15) is 0 Å². The second kappa shape index (κ2) is 9.78. The van der Waals surface area contributed by atoms with E-state index in [1.807, 2.05) is 42.5 Å². The number of esters is 1. The third kappa shape index (κ3) is 4.99.